The van der Waals surface area contributed by atoms with E-state index in [1.165, 1.54) is 13.2 Å². The summed E-state index contributed by atoms with van der Waals surface area (Å²) in [5.41, 5.74) is 10.1. The second-order valence-electron chi connectivity index (χ2n) is 3.56. The lowest BCUT2D eigenvalue weighted by Gasteiger charge is -2.05. The van der Waals surface area contributed by atoms with Crippen LogP contribution in [-0.4, -0.2) is 13.1 Å². The Kier molecular flexibility index (Phi) is 5.30. The number of benzene rings is 1. The SMILES string of the molecule is COC(=O)/C(=C/c1cccc(C(C)S)c1)N=[N+]=[N-]. The zero-order chi connectivity index (χ0) is 13.5. The van der Waals surface area contributed by atoms with Gasteiger partial charge in [0.1, 0.15) is 5.70 Å². The maximum atomic E-state index is 11.4. The molecule has 94 valence electrons. The number of methoxy groups -OCH3 is 1. The lowest BCUT2D eigenvalue weighted by molar-refractivity contribution is -0.136. The minimum absolute atomic E-state index is 0.0797. The van der Waals surface area contributed by atoms with Gasteiger partial charge in [-0.1, -0.05) is 29.4 Å². The van der Waals surface area contributed by atoms with Crippen molar-refractivity contribution in [3.8, 4) is 0 Å². The molecule has 0 N–H and O–H groups in total. The number of esters is 1. The predicted octanol–water partition coefficient (Wildman–Crippen LogP) is 3.50. The normalized spacial score (nSPS) is 12.5. The molecule has 0 aliphatic heterocycles. The summed E-state index contributed by atoms with van der Waals surface area (Å²) in [4.78, 5) is 14.0. The first kappa shape index (κ1) is 14.2. The molecule has 0 fully saturated rings. The molecule has 0 aromatic heterocycles. The van der Waals surface area contributed by atoms with Gasteiger partial charge >= 0.3 is 5.97 Å². The van der Waals surface area contributed by atoms with Gasteiger partial charge in [0, 0.05) is 10.2 Å². The Labute approximate surface area is 110 Å². The minimum Gasteiger partial charge on any atom is -0.466 e. The van der Waals surface area contributed by atoms with Gasteiger partial charge in [-0.3, -0.25) is 0 Å². The molecule has 1 unspecified atom stereocenters. The van der Waals surface area contributed by atoms with E-state index in [9.17, 15) is 4.79 Å². The second-order valence-corrected chi connectivity index (χ2v) is 4.33. The molecule has 18 heavy (non-hydrogen) atoms. The molecule has 5 nitrogen and oxygen atoms in total. The van der Waals surface area contributed by atoms with E-state index in [2.05, 4.69) is 27.4 Å². The highest BCUT2D eigenvalue weighted by Gasteiger charge is 2.07. The van der Waals surface area contributed by atoms with Gasteiger partial charge in [0.05, 0.1) is 7.11 Å². The molecule has 1 atom stereocenters. The van der Waals surface area contributed by atoms with Crippen molar-refractivity contribution in [2.45, 2.75) is 12.2 Å². The van der Waals surface area contributed by atoms with Crippen LogP contribution < -0.4 is 0 Å². The summed E-state index contributed by atoms with van der Waals surface area (Å²) in [6.45, 7) is 1.95. The Balaban J connectivity index is 3.15. The molecule has 6 heteroatoms. The highest BCUT2D eigenvalue weighted by molar-refractivity contribution is 7.80. The van der Waals surface area contributed by atoms with E-state index in [4.69, 9.17) is 5.53 Å². The fourth-order valence-electron chi connectivity index (χ4n) is 1.35. The molecule has 0 bridgehead atoms. The van der Waals surface area contributed by atoms with Crippen LogP contribution in [0.25, 0.3) is 16.5 Å². The van der Waals surface area contributed by atoms with Crippen LogP contribution in [0.3, 0.4) is 0 Å². The first-order valence-corrected chi connectivity index (χ1v) is 5.73. The number of hydrogen-bond acceptors (Lipinski definition) is 4. The summed E-state index contributed by atoms with van der Waals surface area (Å²) >= 11 is 4.33. The van der Waals surface area contributed by atoms with Crippen LogP contribution in [0.5, 0.6) is 0 Å². The van der Waals surface area contributed by atoms with Crippen molar-refractivity contribution >= 4 is 24.7 Å². The lowest BCUT2D eigenvalue weighted by atomic mass is 10.1. The van der Waals surface area contributed by atoms with Crippen molar-refractivity contribution in [2.75, 3.05) is 7.11 Å². The highest BCUT2D eigenvalue weighted by Crippen LogP contribution is 2.21. The third-order valence-electron chi connectivity index (χ3n) is 2.24. The van der Waals surface area contributed by atoms with Crippen molar-refractivity contribution in [2.24, 2.45) is 5.11 Å². The summed E-state index contributed by atoms with van der Waals surface area (Å²) in [6, 6.07) is 7.45. The Morgan fingerprint density at radius 3 is 2.89 bits per heavy atom. The van der Waals surface area contributed by atoms with E-state index in [1.54, 1.807) is 6.07 Å². The topological polar surface area (TPSA) is 75.1 Å². The van der Waals surface area contributed by atoms with Gasteiger partial charge in [0.25, 0.3) is 0 Å². The molecule has 0 aliphatic rings. The Morgan fingerprint density at radius 2 is 2.33 bits per heavy atom. The largest absolute Gasteiger partial charge is 0.466 e. The number of thiol groups is 1. The lowest BCUT2D eigenvalue weighted by Crippen LogP contribution is -2.01. The van der Waals surface area contributed by atoms with Crippen LogP contribution in [0.1, 0.15) is 23.3 Å². The maximum Gasteiger partial charge on any atom is 0.340 e. The van der Waals surface area contributed by atoms with E-state index in [0.29, 0.717) is 0 Å². The van der Waals surface area contributed by atoms with Crippen LogP contribution >= 0.6 is 12.6 Å². The van der Waals surface area contributed by atoms with E-state index < -0.39 is 5.97 Å². The van der Waals surface area contributed by atoms with Gasteiger partial charge in [0.15, 0.2) is 0 Å². The number of ether oxygens (including phenoxy) is 1. The van der Waals surface area contributed by atoms with Crippen molar-refractivity contribution in [3.63, 3.8) is 0 Å². The number of nitrogens with zero attached hydrogens (tertiary/aromatic N) is 3. The molecule has 1 aromatic carbocycles. The van der Waals surface area contributed by atoms with E-state index in [-0.39, 0.29) is 10.9 Å². The van der Waals surface area contributed by atoms with Gasteiger partial charge in [-0.15, -0.1) is 0 Å². The average Bonchev–Trinajstić information content (AvgIpc) is 2.37. The molecule has 0 amide bonds. The first-order chi connectivity index (χ1) is 8.58. The van der Waals surface area contributed by atoms with Gasteiger partial charge in [-0.25, -0.2) is 4.79 Å². The van der Waals surface area contributed by atoms with Crippen LogP contribution in [0.4, 0.5) is 0 Å². The molecule has 1 rings (SSSR count). The molecule has 0 saturated heterocycles. The van der Waals surface area contributed by atoms with Crippen molar-refractivity contribution < 1.29 is 9.53 Å². The zero-order valence-electron chi connectivity index (χ0n) is 10.1. The van der Waals surface area contributed by atoms with E-state index >= 15 is 0 Å². The fraction of sp³-hybridized carbons (Fsp3) is 0.250. The molecule has 0 aliphatic carbocycles. The number of azide groups is 1. The van der Waals surface area contributed by atoms with Crippen LogP contribution in [0.15, 0.2) is 35.1 Å². The van der Waals surface area contributed by atoms with Crippen molar-refractivity contribution in [1.29, 1.82) is 0 Å². The number of carbonyl (C=O) groups excluding carboxylic acids is 1. The van der Waals surface area contributed by atoms with Gasteiger partial charge in [-0.2, -0.15) is 12.6 Å². The molecule has 1 aromatic rings. The third-order valence-corrected chi connectivity index (χ3v) is 2.54. The molecular weight excluding hydrogens is 250 g/mol. The Hall–Kier alpha value is -1.91. The Morgan fingerprint density at radius 1 is 1.61 bits per heavy atom. The van der Waals surface area contributed by atoms with E-state index in [0.717, 1.165) is 11.1 Å². The highest BCUT2D eigenvalue weighted by atomic mass is 32.1. The molecule has 0 saturated carbocycles. The summed E-state index contributed by atoms with van der Waals surface area (Å²) in [7, 11) is 1.23. The fourth-order valence-corrected chi connectivity index (χ4v) is 1.51. The summed E-state index contributed by atoms with van der Waals surface area (Å²) < 4.78 is 4.53. The van der Waals surface area contributed by atoms with Crippen LogP contribution in [0, 0.1) is 0 Å². The first-order valence-electron chi connectivity index (χ1n) is 5.21. The van der Waals surface area contributed by atoms with Gasteiger partial charge in [0.2, 0.25) is 0 Å². The van der Waals surface area contributed by atoms with Gasteiger partial charge < -0.3 is 4.74 Å². The monoisotopic (exact) mass is 263 g/mol. The quantitative estimate of drug-likeness (QED) is 0.225. The second kappa shape index (κ2) is 6.74. The minimum atomic E-state index is -0.669. The van der Waals surface area contributed by atoms with Gasteiger partial charge in [-0.05, 0) is 29.7 Å². The standard InChI is InChI=1S/C12H13N3O2S/c1-8(18)10-5-3-4-9(6-10)7-11(14-15-13)12(16)17-2/h3-8,18H,1-2H3/b11-7-. The molecule has 0 heterocycles. The van der Waals surface area contributed by atoms with E-state index in [1.807, 2.05) is 25.1 Å². The number of carbonyl (C=O) groups is 1. The smallest absolute Gasteiger partial charge is 0.340 e. The van der Waals surface area contributed by atoms with Crippen molar-refractivity contribution in [1.82, 2.24) is 0 Å². The van der Waals surface area contributed by atoms with Crippen LogP contribution in [0.2, 0.25) is 0 Å². The third kappa shape index (κ3) is 3.84. The van der Waals surface area contributed by atoms with Crippen LogP contribution in [-0.2, 0) is 9.53 Å². The summed E-state index contributed by atoms with van der Waals surface area (Å²) in [5.74, 6) is -0.669. The molecule has 0 radical (unpaired) electrons. The molecular formula is C12H13N3O2S. The number of rotatable bonds is 4. The Bertz CT molecular complexity index is 520. The average molecular weight is 263 g/mol. The summed E-state index contributed by atoms with van der Waals surface area (Å²) in [6.07, 6.45) is 1.48. The number of hydrogen-bond donors (Lipinski definition) is 1. The maximum absolute atomic E-state index is 11.4. The molecule has 0 spiro atoms. The predicted molar refractivity (Wildman–Crippen MR) is 73.0 cm³/mol. The zero-order valence-corrected chi connectivity index (χ0v) is 11.0. The van der Waals surface area contributed by atoms with Crippen molar-refractivity contribution in [3.05, 3.63) is 51.5 Å². The summed E-state index contributed by atoms with van der Waals surface area (Å²) in [5, 5.41) is 3.40.